The van der Waals surface area contributed by atoms with Crippen molar-refractivity contribution >= 4 is 22.5 Å². The van der Waals surface area contributed by atoms with E-state index < -0.39 is 0 Å². The number of benzene rings is 2. The van der Waals surface area contributed by atoms with E-state index in [1.54, 1.807) is 10.9 Å². The van der Waals surface area contributed by atoms with Crippen molar-refractivity contribution in [1.82, 2.24) is 19.6 Å². The Hall–Kier alpha value is -3.74. The molecule has 1 N–H and O–H groups in total. The molecule has 2 aromatic heterocycles. The highest BCUT2D eigenvalue weighted by Crippen LogP contribution is 2.41. The normalized spacial score (nSPS) is 13.5. The van der Waals surface area contributed by atoms with Crippen LogP contribution in [0.5, 0.6) is 0 Å². The van der Waals surface area contributed by atoms with E-state index in [2.05, 4.69) is 21.6 Å². The molecule has 0 aliphatic heterocycles. The lowest BCUT2D eigenvalue weighted by atomic mass is 10.1. The van der Waals surface area contributed by atoms with Crippen molar-refractivity contribution in [1.29, 1.82) is 0 Å². The molecule has 0 bridgehead atoms. The van der Waals surface area contributed by atoms with Crippen molar-refractivity contribution in [3.63, 3.8) is 0 Å². The van der Waals surface area contributed by atoms with Crippen molar-refractivity contribution in [3.05, 3.63) is 80.9 Å². The molecule has 1 fully saturated rings. The van der Waals surface area contributed by atoms with Crippen molar-refractivity contribution in [3.8, 4) is 5.69 Å². The van der Waals surface area contributed by atoms with E-state index in [9.17, 15) is 9.59 Å². The molecule has 0 atom stereocenters. The van der Waals surface area contributed by atoms with Crippen LogP contribution in [0.2, 0.25) is 0 Å². The fraction of sp³-hybridized carbons (Fsp3) is 0.308. The van der Waals surface area contributed by atoms with E-state index in [-0.39, 0.29) is 18.0 Å². The van der Waals surface area contributed by atoms with Gasteiger partial charge < -0.3 is 5.32 Å². The topological polar surface area (TPSA) is 81.8 Å². The molecule has 1 aliphatic rings. The van der Waals surface area contributed by atoms with Crippen LogP contribution in [0.25, 0.3) is 16.6 Å². The Morgan fingerprint density at radius 1 is 1.03 bits per heavy atom. The molecule has 7 nitrogen and oxygen atoms in total. The lowest BCUT2D eigenvalue weighted by Crippen LogP contribution is -2.31. The molecule has 1 amide bonds. The van der Waals surface area contributed by atoms with Gasteiger partial charge in [0.15, 0.2) is 0 Å². The summed E-state index contributed by atoms with van der Waals surface area (Å²) in [6.45, 7) is 7.81. The molecule has 33 heavy (non-hydrogen) atoms. The number of nitrogens with one attached hydrogen (secondary N) is 1. The van der Waals surface area contributed by atoms with Crippen LogP contribution in [-0.2, 0) is 11.3 Å². The predicted molar refractivity (Wildman–Crippen MR) is 129 cm³/mol. The highest BCUT2D eigenvalue weighted by atomic mass is 16.2. The van der Waals surface area contributed by atoms with Crippen LogP contribution >= 0.6 is 0 Å². The first kappa shape index (κ1) is 21.1. The first-order valence-electron chi connectivity index (χ1n) is 11.3. The number of fused-ring (bicyclic) bond motifs is 1. The highest BCUT2D eigenvalue weighted by Gasteiger charge is 2.30. The van der Waals surface area contributed by atoms with Crippen molar-refractivity contribution < 1.29 is 4.79 Å². The van der Waals surface area contributed by atoms with E-state index in [4.69, 9.17) is 0 Å². The van der Waals surface area contributed by atoms with Crippen LogP contribution in [0.1, 0.15) is 46.7 Å². The SMILES string of the molecule is Cc1ccc(-n2ncc3c(C4CC4)nn(CC(=O)Nc4cc(C)ccc4C)c(=O)c32)c(C)c1. The molecule has 168 valence electrons. The lowest BCUT2D eigenvalue weighted by Gasteiger charge is -2.13. The van der Waals surface area contributed by atoms with Crippen molar-refractivity contribution in [2.24, 2.45) is 0 Å². The van der Waals surface area contributed by atoms with Gasteiger partial charge in [-0.1, -0.05) is 29.8 Å². The van der Waals surface area contributed by atoms with Crippen LogP contribution in [0.3, 0.4) is 0 Å². The number of carbonyl (C=O) groups is 1. The maximum Gasteiger partial charge on any atom is 0.293 e. The minimum atomic E-state index is -0.317. The van der Waals surface area contributed by atoms with E-state index >= 15 is 0 Å². The van der Waals surface area contributed by atoms with Crippen molar-refractivity contribution in [2.75, 3.05) is 5.32 Å². The Labute approximate surface area is 192 Å². The monoisotopic (exact) mass is 441 g/mol. The van der Waals surface area contributed by atoms with Crippen LogP contribution in [-0.4, -0.2) is 25.5 Å². The van der Waals surface area contributed by atoms with Gasteiger partial charge >= 0.3 is 0 Å². The summed E-state index contributed by atoms with van der Waals surface area (Å²) >= 11 is 0. The van der Waals surface area contributed by atoms with E-state index in [1.165, 1.54) is 4.68 Å². The molecule has 0 saturated heterocycles. The summed E-state index contributed by atoms with van der Waals surface area (Å²) in [5, 5.41) is 12.9. The van der Waals surface area contributed by atoms with E-state index in [1.807, 2.05) is 58.0 Å². The van der Waals surface area contributed by atoms with Gasteiger partial charge in [0.2, 0.25) is 5.91 Å². The standard InChI is InChI=1S/C26H27N5O2/c1-15-6-10-22(18(4)11-15)31-25-20(13-27-31)24(19-8-9-19)29-30(26(25)33)14-23(32)28-21-12-16(2)5-7-17(21)3/h5-7,10-13,19H,8-9,14H2,1-4H3,(H,28,32). The average Bonchev–Trinajstić information content (AvgIpc) is 3.51. The first-order chi connectivity index (χ1) is 15.8. The lowest BCUT2D eigenvalue weighted by molar-refractivity contribution is -0.117. The van der Waals surface area contributed by atoms with Gasteiger partial charge in [0, 0.05) is 17.0 Å². The molecule has 0 unspecified atom stereocenters. The Morgan fingerprint density at radius 2 is 1.76 bits per heavy atom. The Morgan fingerprint density at radius 3 is 2.48 bits per heavy atom. The Balaban J connectivity index is 1.58. The fourth-order valence-electron chi connectivity index (χ4n) is 4.28. The number of anilines is 1. The highest BCUT2D eigenvalue weighted by molar-refractivity contribution is 5.91. The quantitative estimate of drug-likeness (QED) is 0.500. The summed E-state index contributed by atoms with van der Waals surface area (Å²) in [4.78, 5) is 26.4. The maximum absolute atomic E-state index is 13.5. The van der Waals surface area contributed by atoms with Gasteiger partial charge in [-0.2, -0.15) is 10.2 Å². The predicted octanol–water partition coefficient (Wildman–Crippen LogP) is 4.33. The van der Waals surface area contributed by atoms with Gasteiger partial charge in [-0.15, -0.1) is 0 Å². The summed E-state index contributed by atoms with van der Waals surface area (Å²) in [6.07, 6.45) is 3.80. The van der Waals surface area contributed by atoms with E-state index in [0.717, 1.165) is 57.6 Å². The molecule has 2 aromatic carbocycles. The minimum absolute atomic E-state index is 0.153. The number of amides is 1. The number of aryl methyl sites for hydroxylation is 4. The summed E-state index contributed by atoms with van der Waals surface area (Å²) in [6, 6.07) is 12.0. The second-order valence-electron chi connectivity index (χ2n) is 9.10. The smallest absolute Gasteiger partial charge is 0.293 e. The largest absolute Gasteiger partial charge is 0.324 e. The van der Waals surface area contributed by atoms with Crippen LogP contribution in [0.4, 0.5) is 5.69 Å². The zero-order chi connectivity index (χ0) is 23.3. The number of aromatic nitrogens is 4. The minimum Gasteiger partial charge on any atom is -0.324 e. The molecule has 0 radical (unpaired) electrons. The zero-order valence-corrected chi connectivity index (χ0v) is 19.3. The molecular weight excluding hydrogens is 414 g/mol. The molecule has 5 rings (SSSR count). The zero-order valence-electron chi connectivity index (χ0n) is 19.3. The Bertz CT molecular complexity index is 1460. The maximum atomic E-state index is 13.5. The molecular formula is C26H27N5O2. The Kier molecular flexibility index (Phi) is 5.12. The van der Waals surface area contributed by atoms with Gasteiger partial charge in [0.25, 0.3) is 5.56 Å². The van der Waals surface area contributed by atoms with Crippen LogP contribution in [0, 0.1) is 27.7 Å². The molecule has 1 saturated carbocycles. The summed E-state index contributed by atoms with van der Waals surface area (Å²) in [7, 11) is 0. The number of nitrogens with zero attached hydrogens (tertiary/aromatic N) is 4. The summed E-state index contributed by atoms with van der Waals surface area (Å²) in [5.41, 5.74) is 6.81. The molecule has 2 heterocycles. The number of carbonyl (C=O) groups excluding carboxylic acids is 1. The van der Waals surface area contributed by atoms with Gasteiger partial charge in [-0.25, -0.2) is 9.36 Å². The van der Waals surface area contributed by atoms with E-state index in [0.29, 0.717) is 11.4 Å². The second-order valence-corrected chi connectivity index (χ2v) is 9.10. The van der Waals surface area contributed by atoms with Gasteiger partial charge in [-0.3, -0.25) is 9.59 Å². The number of hydrogen-bond acceptors (Lipinski definition) is 4. The average molecular weight is 442 g/mol. The van der Waals surface area contributed by atoms with Gasteiger partial charge in [-0.05, 0) is 69.4 Å². The third-order valence-corrected chi connectivity index (χ3v) is 6.22. The van der Waals surface area contributed by atoms with Crippen molar-refractivity contribution in [2.45, 2.75) is 53.0 Å². The molecule has 1 aliphatic carbocycles. The first-order valence-corrected chi connectivity index (χ1v) is 11.3. The number of rotatable bonds is 5. The van der Waals surface area contributed by atoms with Crippen LogP contribution in [0.15, 0.2) is 47.4 Å². The third-order valence-electron chi connectivity index (χ3n) is 6.22. The summed E-state index contributed by atoms with van der Waals surface area (Å²) < 4.78 is 2.98. The molecule has 4 aromatic rings. The van der Waals surface area contributed by atoms with Gasteiger partial charge in [0.1, 0.15) is 12.1 Å². The second kappa shape index (κ2) is 7.99. The molecule has 7 heteroatoms. The summed E-state index contributed by atoms with van der Waals surface area (Å²) in [5.74, 6) is 0.0233. The third kappa shape index (κ3) is 3.95. The fourth-order valence-corrected chi connectivity index (χ4v) is 4.28. The number of hydrogen-bond donors (Lipinski definition) is 1. The van der Waals surface area contributed by atoms with Gasteiger partial charge in [0.05, 0.1) is 17.6 Å². The molecule has 0 spiro atoms. The van der Waals surface area contributed by atoms with Crippen LogP contribution < -0.4 is 10.9 Å².